The van der Waals surface area contributed by atoms with Crippen molar-refractivity contribution < 1.29 is 4.42 Å². The van der Waals surface area contributed by atoms with Gasteiger partial charge in [0, 0.05) is 17.0 Å². The van der Waals surface area contributed by atoms with Gasteiger partial charge in [0.25, 0.3) is 0 Å². The predicted octanol–water partition coefficient (Wildman–Crippen LogP) is 4.54. The highest BCUT2D eigenvalue weighted by Gasteiger charge is 2.20. The molecule has 0 atom stereocenters. The zero-order valence-electron chi connectivity index (χ0n) is 13.0. The van der Waals surface area contributed by atoms with Gasteiger partial charge in [-0.15, -0.1) is 0 Å². The number of hydrogen-bond acceptors (Lipinski definition) is 2. The lowest BCUT2D eigenvalue weighted by Gasteiger charge is -2.10. The van der Waals surface area contributed by atoms with E-state index in [0.717, 1.165) is 17.9 Å². The minimum absolute atomic E-state index is 0.480. The summed E-state index contributed by atoms with van der Waals surface area (Å²) in [6.07, 6.45) is 3.73. The van der Waals surface area contributed by atoms with Gasteiger partial charge in [0.2, 0.25) is 0 Å². The minimum atomic E-state index is 0.480. The van der Waals surface area contributed by atoms with Gasteiger partial charge in [-0.05, 0) is 48.4 Å². The third kappa shape index (κ3) is 2.37. The normalized spacial score (nSPS) is 14.7. The van der Waals surface area contributed by atoms with Gasteiger partial charge in [-0.25, -0.2) is 0 Å². The fourth-order valence-electron chi connectivity index (χ4n) is 3.30. The van der Waals surface area contributed by atoms with E-state index >= 15 is 0 Å². The van der Waals surface area contributed by atoms with E-state index in [1.807, 2.05) is 0 Å². The lowest BCUT2D eigenvalue weighted by atomic mass is 9.97. The second-order valence-electron chi connectivity index (χ2n) is 6.60. The van der Waals surface area contributed by atoms with Crippen molar-refractivity contribution in [1.82, 2.24) is 5.32 Å². The van der Waals surface area contributed by atoms with E-state index in [4.69, 9.17) is 4.42 Å². The number of furan rings is 1. The van der Waals surface area contributed by atoms with Crippen molar-refractivity contribution in [1.29, 1.82) is 0 Å². The highest BCUT2D eigenvalue weighted by atomic mass is 16.3. The van der Waals surface area contributed by atoms with Crippen LogP contribution in [-0.2, 0) is 19.4 Å². The molecule has 108 valence electrons. The van der Waals surface area contributed by atoms with E-state index in [1.54, 1.807) is 0 Å². The molecule has 0 spiro atoms. The molecular formula is C18H25NO. The third-order valence-electron chi connectivity index (χ3n) is 4.27. The first kappa shape index (κ1) is 13.7. The van der Waals surface area contributed by atoms with E-state index in [1.165, 1.54) is 41.3 Å². The molecule has 0 fully saturated rings. The average molecular weight is 271 g/mol. The predicted molar refractivity (Wildman–Crippen MR) is 84.3 cm³/mol. The van der Waals surface area contributed by atoms with E-state index < -0.39 is 0 Å². The van der Waals surface area contributed by atoms with E-state index in [2.05, 4.69) is 45.1 Å². The van der Waals surface area contributed by atoms with E-state index in [0.29, 0.717) is 12.0 Å². The summed E-state index contributed by atoms with van der Waals surface area (Å²) in [5, 5.41) is 4.82. The second-order valence-corrected chi connectivity index (χ2v) is 6.60. The molecule has 2 aromatic rings. The molecule has 0 amide bonds. The Balaban J connectivity index is 2.08. The second kappa shape index (κ2) is 5.25. The number of hydrogen-bond donors (Lipinski definition) is 1. The van der Waals surface area contributed by atoms with Gasteiger partial charge in [-0.2, -0.15) is 0 Å². The first-order valence-electron chi connectivity index (χ1n) is 7.86. The first-order chi connectivity index (χ1) is 9.56. The molecule has 1 aromatic carbocycles. The number of nitrogens with one attached hydrogen (secondary N) is 1. The lowest BCUT2D eigenvalue weighted by Crippen LogP contribution is -2.22. The van der Waals surface area contributed by atoms with Crippen molar-refractivity contribution in [3.05, 3.63) is 34.6 Å². The zero-order chi connectivity index (χ0) is 14.3. The SMILES string of the molecule is CC(C)NCc1oc2cc3c(cc2c1C(C)C)CCC3. The zero-order valence-corrected chi connectivity index (χ0v) is 13.0. The molecule has 0 aliphatic heterocycles. The molecule has 0 radical (unpaired) electrons. The molecule has 2 nitrogen and oxygen atoms in total. The fourth-order valence-corrected chi connectivity index (χ4v) is 3.30. The molecule has 0 unspecified atom stereocenters. The Hall–Kier alpha value is -1.28. The summed E-state index contributed by atoms with van der Waals surface area (Å²) in [7, 11) is 0. The average Bonchev–Trinajstić information content (AvgIpc) is 2.95. The van der Waals surface area contributed by atoms with Crippen LogP contribution < -0.4 is 5.32 Å². The van der Waals surface area contributed by atoms with Gasteiger partial charge < -0.3 is 9.73 Å². The molecule has 1 aromatic heterocycles. The largest absolute Gasteiger partial charge is 0.459 e. The molecule has 2 heteroatoms. The molecule has 1 aliphatic carbocycles. The monoisotopic (exact) mass is 271 g/mol. The Bertz CT molecular complexity index is 622. The van der Waals surface area contributed by atoms with Crippen molar-refractivity contribution >= 4 is 11.0 Å². The Morgan fingerprint density at radius 1 is 1.10 bits per heavy atom. The maximum atomic E-state index is 6.17. The molecule has 1 aliphatic rings. The van der Waals surface area contributed by atoms with E-state index in [-0.39, 0.29) is 0 Å². The van der Waals surface area contributed by atoms with Crippen LogP contribution in [0.1, 0.15) is 62.5 Å². The molecule has 0 bridgehead atoms. The van der Waals surface area contributed by atoms with Crippen molar-refractivity contribution in [2.45, 2.75) is 65.5 Å². The molecule has 0 saturated carbocycles. The number of aryl methyl sites for hydroxylation is 2. The quantitative estimate of drug-likeness (QED) is 0.883. The Labute approximate surface area is 121 Å². The van der Waals surface area contributed by atoms with Crippen molar-refractivity contribution in [2.75, 3.05) is 0 Å². The summed E-state index contributed by atoms with van der Waals surface area (Å²) in [6, 6.07) is 5.14. The van der Waals surface area contributed by atoms with Crippen molar-refractivity contribution in [2.24, 2.45) is 0 Å². The van der Waals surface area contributed by atoms with Crippen LogP contribution in [-0.4, -0.2) is 6.04 Å². The van der Waals surface area contributed by atoms with E-state index in [9.17, 15) is 0 Å². The lowest BCUT2D eigenvalue weighted by molar-refractivity contribution is 0.480. The summed E-state index contributed by atoms with van der Waals surface area (Å²) in [5.41, 5.74) is 5.49. The molecule has 3 rings (SSSR count). The highest BCUT2D eigenvalue weighted by Crippen LogP contribution is 2.36. The highest BCUT2D eigenvalue weighted by molar-refractivity contribution is 5.84. The van der Waals surface area contributed by atoms with Crippen LogP contribution in [0.3, 0.4) is 0 Å². The van der Waals surface area contributed by atoms with Gasteiger partial charge in [0.05, 0.1) is 6.54 Å². The molecule has 20 heavy (non-hydrogen) atoms. The summed E-state index contributed by atoms with van der Waals surface area (Å²) in [5.74, 6) is 1.62. The maximum absolute atomic E-state index is 6.17. The molecule has 1 N–H and O–H groups in total. The number of benzene rings is 1. The van der Waals surface area contributed by atoms with Gasteiger partial charge in [-0.1, -0.05) is 27.7 Å². The van der Waals surface area contributed by atoms with Crippen molar-refractivity contribution in [3.8, 4) is 0 Å². The standard InChI is InChI=1S/C18H25NO/c1-11(2)18-15-8-13-6-5-7-14(13)9-16(15)20-17(18)10-19-12(3)4/h8-9,11-12,19H,5-7,10H2,1-4H3. The fraction of sp³-hybridized carbons (Fsp3) is 0.556. The van der Waals surface area contributed by atoms with Crippen LogP contribution in [0.25, 0.3) is 11.0 Å². The van der Waals surface area contributed by atoms with Crippen molar-refractivity contribution in [3.63, 3.8) is 0 Å². The summed E-state index contributed by atoms with van der Waals surface area (Å²) in [4.78, 5) is 0. The first-order valence-corrected chi connectivity index (χ1v) is 7.86. The van der Waals surface area contributed by atoms with Gasteiger partial charge in [-0.3, -0.25) is 0 Å². The van der Waals surface area contributed by atoms with Crippen LogP contribution >= 0.6 is 0 Å². The topological polar surface area (TPSA) is 25.2 Å². The van der Waals surface area contributed by atoms with Crippen LogP contribution in [0.2, 0.25) is 0 Å². The van der Waals surface area contributed by atoms with Crippen LogP contribution in [0.5, 0.6) is 0 Å². The molecular weight excluding hydrogens is 246 g/mol. The number of rotatable bonds is 4. The Morgan fingerprint density at radius 2 is 1.80 bits per heavy atom. The van der Waals surface area contributed by atoms with Crippen LogP contribution in [0.15, 0.2) is 16.5 Å². The van der Waals surface area contributed by atoms with Gasteiger partial charge in [0.1, 0.15) is 11.3 Å². The molecule has 1 heterocycles. The van der Waals surface area contributed by atoms with Crippen LogP contribution in [0, 0.1) is 0 Å². The maximum Gasteiger partial charge on any atom is 0.134 e. The number of fused-ring (bicyclic) bond motifs is 2. The third-order valence-corrected chi connectivity index (χ3v) is 4.27. The van der Waals surface area contributed by atoms with Gasteiger partial charge >= 0.3 is 0 Å². The van der Waals surface area contributed by atoms with Gasteiger partial charge in [0.15, 0.2) is 0 Å². The Kier molecular flexibility index (Phi) is 3.59. The summed E-state index contributed by atoms with van der Waals surface area (Å²) < 4.78 is 6.17. The minimum Gasteiger partial charge on any atom is -0.459 e. The smallest absolute Gasteiger partial charge is 0.134 e. The van der Waals surface area contributed by atoms with Crippen LogP contribution in [0.4, 0.5) is 0 Å². The Morgan fingerprint density at radius 3 is 2.45 bits per heavy atom. The summed E-state index contributed by atoms with van der Waals surface area (Å²) in [6.45, 7) is 9.69. The summed E-state index contributed by atoms with van der Waals surface area (Å²) >= 11 is 0. The molecule has 0 saturated heterocycles.